The van der Waals surface area contributed by atoms with Crippen LogP contribution in [0.2, 0.25) is 10.0 Å². The highest BCUT2D eigenvalue weighted by molar-refractivity contribution is 7.90. The fraction of sp³-hybridized carbons (Fsp3) is 0.300. The van der Waals surface area contributed by atoms with E-state index < -0.39 is 10.0 Å². The molecule has 6 nitrogen and oxygen atoms in total. The quantitative estimate of drug-likeness (QED) is 0.830. The van der Waals surface area contributed by atoms with Gasteiger partial charge in [0.1, 0.15) is 4.90 Å². The number of rotatable bonds is 3. The average Bonchev–Trinajstić information content (AvgIpc) is 2.26. The monoisotopic (exact) mass is 323 g/mol. The van der Waals surface area contributed by atoms with Gasteiger partial charge in [0.05, 0.1) is 23.9 Å². The van der Waals surface area contributed by atoms with Gasteiger partial charge >= 0.3 is 0 Å². The first kappa shape index (κ1) is 14.4. The summed E-state index contributed by atoms with van der Waals surface area (Å²) in [6.07, 6.45) is 0. The smallest absolute Gasteiger partial charge is 0.267 e. The molecule has 104 valence electrons. The molecule has 1 heterocycles. The standard InChI is InChI=1S/C10H11Cl2N3O3S/c1-18-3-2-13-10-14-8-5-6(11)4-7(12)9(8)19(16,17)15-10/h4-5H,2-3H2,1H3,(H2,13,14,15). The molecule has 2 rings (SSSR count). The van der Waals surface area contributed by atoms with E-state index in [1.165, 1.54) is 19.2 Å². The van der Waals surface area contributed by atoms with Crippen LogP contribution >= 0.6 is 23.2 Å². The van der Waals surface area contributed by atoms with Crippen molar-refractivity contribution in [3.8, 4) is 0 Å². The number of methoxy groups -OCH3 is 1. The minimum absolute atomic E-state index is 0.0377. The topological polar surface area (TPSA) is 79.8 Å². The first-order valence-corrected chi connectivity index (χ1v) is 7.50. The molecule has 0 saturated heterocycles. The van der Waals surface area contributed by atoms with Gasteiger partial charge in [-0.3, -0.25) is 0 Å². The molecule has 0 aliphatic carbocycles. The maximum absolute atomic E-state index is 12.1. The third-order valence-corrected chi connectivity index (χ3v) is 4.39. The Balaban J connectivity index is 2.42. The molecular weight excluding hydrogens is 313 g/mol. The van der Waals surface area contributed by atoms with Crippen LogP contribution in [-0.2, 0) is 14.8 Å². The fourth-order valence-corrected chi connectivity index (χ4v) is 3.56. The lowest BCUT2D eigenvalue weighted by Crippen LogP contribution is -2.41. The number of fused-ring (bicyclic) bond motifs is 1. The van der Waals surface area contributed by atoms with Gasteiger partial charge in [0.15, 0.2) is 0 Å². The number of hydrogen-bond donors (Lipinski definition) is 2. The number of ether oxygens (including phenoxy) is 1. The van der Waals surface area contributed by atoms with Crippen LogP contribution in [0.25, 0.3) is 0 Å². The van der Waals surface area contributed by atoms with Gasteiger partial charge < -0.3 is 10.1 Å². The van der Waals surface area contributed by atoms with Crippen LogP contribution < -0.4 is 10.0 Å². The number of anilines is 1. The Morgan fingerprint density at radius 1 is 1.37 bits per heavy atom. The van der Waals surface area contributed by atoms with E-state index >= 15 is 0 Å². The first-order chi connectivity index (χ1) is 8.94. The molecule has 0 bridgehead atoms. The highest BCUT2D eigenvalue weighted by atomic mass is 35.5. The molecule has 0 saturated carbocycles. The summed E-state index contributed by atoms with van der Waals surface area (Å²) in [4.78, 5) is 3.99. The largest absolute Gasteiger partial charge is 0.383 e. The Bertz CT molecular complexity index is 631. The zero-order chi connectivity index (χ0) is 14.0. The van der Waals surface area contributed by atoms with Crippen molar-refractivity contribution in [1.82, 2.24) is 4.72 Å². The number of halogens is 2. The SMILES string of the molecule is COCCN=C1Nc2cc(Cl)cc(Cl)c2S(=O)(=O)N1. The van der Waals surface area contributed by atoms with E-state index in [4.69, 9.17) is 27.9 Å². The van der Waals surface area contributed by atoms with E-state index in [1.54, 1.807) is 0 Å². The number of benzene rings is 1. The lowest BCUT2D eigenvalue weighted by molar-refractivity contribution is 0.208. The minimum atomic E-state index is -3.75. The number of aliphatic imine (C=N–C) groups is 1. The molecule has 0 spiro atoms. The van der Waals surface area contributed by atoms with Crippen molar-refractivity contribution < 1.29 is 13.2 Å². The van der Waals surface area contributed by atoms with Crippen LogP contribution in [0.3, 0.4) is 0 Å². The summed E-state index contributed by atoms with van der Waals surface area (Å²) >= 11 is 11.8. The van der Waals surface area contributed by atoms with Crippen molar-refractivity contribution in [1.29, 1.82) is 0 Å². The van der Waals surface area contributed by atoms with E-state index in [0.29, 0.717) is 23.9 Å². The second kappa shape index (κ2) is 5.54. The second-order valence-electron chi connectivity index (χ2n) is 3.72. The van der Waals surface area contributed by atoms with Crippen molar-refractivity contribution in [2.75, 3.05) is 25.6 Å². The van der Waals surface area contributed by atoms with Gasteiger partial charge in [0, 0.05) is 12.1 Å². The average molecular weight is 324 g/mol. The van der Waals surface area contributed by atoms with E-state index in [9.17, 15) is 8.42 Å². The molecule has 19 heavy (non-hydrogen) atoms. The van der Waals surface area contributed by atoms with Gasteiger partial charge in [-0.2, -0.15) is 0 Å². The second-order valence-corrected chi connectivity index (χ2v) is 6.18. The highest BCUT2D eigenvalue weighted by Gasteiger charge is 2.29. The summed E-state index contributed by atoms with van der Waals surface area (Å²) < 4.78 is 31.2. The summed E-state index contributed by atoms with van der Waals surface area (Å²) in [7, 11) is -2.22. The highest BCUT2D eigenvalue weighted by Crippen LogP contribution is 2.34. The molecule has 9 heteroatoms. The normalized spacial score (nSPS) is 18.6. The first-order valence-electron chi connectivity index (χ1n) is 5.26. The van der Waals surface area contributed by atoms with E-state index in [-0.39, 0.29) is 15.9 Å². The predicted molar refractivity (Wildman–Crippen MR) is 74.6 cm³/mol. The van der Waals surface area contributed by atoms with Crippen LogP contribution in [-0.4, -0.2) is 34.6 Å². The maximum Gasteiger partial charge on any atom is 0.267 e. The lowest BCUT2D eigenvalue weighted by Gasteiger charge is -2.22. The summed E-state index contributed by atoms with van der Waals surface area (Å²) in [6, 6.07) is 2.85. The van der Waals surface area contributed by atoms with Crippen LogP contribution in [0.1, 0.15) is 0 Å². The van der Waals surface area contributed by atoms with Gasteiger partial charge in [-0.1, -0.05) is 23.2 Å². The number of hydrogen-bond acceptors (Lipinski definition) is 4. The molecule has 0 amide bonds. The van der Waals surface area contributed by atoms with Gasteiger partial charge in [-0.25, -0.2) is 18.1 Å². The summed E-state index contributed by atoms with van der Waals surface area (Å²) in [5, 5.41) is 3.22. The predicted octanol–water partition coefficient (Wildman–Crippen LogP) is 1.70. The van der Waals surface area contributed by atoms with Gasteiger partial charge in [-0.15, -0.1) is 0 Å². The number of nitrogens with one attached hydrogen (secondary N) is 2. The molecular formula is C10H11Cl2N3O3S. The lowest BCUT2D eigenvalue weighted by atomic mass is 10.3. The Morgan fingerprint density at radius 2 is 2.11 bits per heavy atom. The van der Waals surface area contributed by atoms with Crippen LogP contribution in [0.15, 0.2) is 22.0 Å². The van der Waals surface area contributed by atoms with Crippen molar-refractivity contribution in [3.05, 3.63) is 22.2 Å². The van der Waals surface area contributed by atoms with Gasteiger partial charge in [0.25, 0.3) is 10.0 Å². The van der Waals surface area contributed by atoms with Crippen molar-refractivity contribution in [2.45, 2.75) is 4.90 Å². The third-order valence-electron chi connectivity index (χ3n) is 2.33. The molecule has 2 N–H and O–H groups in total. The van der Waals surface area contributed by atoms with Gasteiger partial charge in [-0.05, 0) is 12.1 Å². The van der Waals surface area contributed by atoms with Crippen molar-refractivity contribution in [2.24, 2.45) is 4.99 Å². The Hall–Kier alpha value is -1.02. The molecule has 1 aliphatic rings. The molecule has 0 fully saturated rings. The molecule has 1 aliphatic heterocycles. The van der Waals surface area contributed by atoms with E-state index in [0.717, 1.165) is 0 Å². The van der Waals surface area contributed by atoms with Gasteiger partial charge in [0.2, 0.25) is 5.96 Å². The number of sulfonamides is 1. The number of nitrogens with zero attached hydrogens (tertiary/aromatic N) is 1. The third kappa shape index (κ3) is 3.11. The number of guanidine groups is 1. The molecule has 0 atom stereocenters. The van der Waals surface area contributed by atoms with Crippen molar-refractivity contribution >= 4 is 44.9 Å². The molecule has 1 aromatic carbocycles. The maximum atomic E-state index is 12.1. The molecule has 1 aromatic rings. The van der Waals surface area contributed by atoms with E-state index in [1.807, 2.05) is 0 Å². The molecule has 0 radical (unpaired) electrons. The Labute approximate surface area is 120 Å². The Kier molecular flexibility index (Phi) is 4.19. The van der Waals surface area contributed by atoms with Crippen LogP contribution in [0.5, 0.6) is 0 Å². The van der Waals surface area contributed by atoms with Crippen molar-refractivity contribution in [3.63, 3.8) is 0 Å². The summed E-state index contributed by atoms with van der Waals surface area (Å²) in [5.41, 5.74) is 0.299. The Morgan fingerprint density at radius 3 is 2.79 bits per heavy atom. The van der Waals surface area contributed by atoms with Crippen LogP contribution in [0.4, 0.5) is 5.69 Å². The minimum Gasteiger partial charge on any atom is -0.383 e. The fourth-order valence-electron chi connectivity index (χ4n) is 1.58. The summed E-state index contributed by atoms with van der Waals surface area (Å²) in [5.74, 6) is 0.114. The molecule has 0 aromatic heterocycles. The van der Waals surface area contributed by atoms with E-state index in [2.05, 4.69) is 15.0 Å². The van der Waals surface area contributed by atoms with Crippen LogP contribution in [0, 0.1) is 0 Å². The summed E-state index contributed by atoms with van der Waals surface area (Å²) in [6.45, 7) is 0.709. The zero-order valence-corrected chi connectivity index (χ0v) is 12.2. The molecule has 0 unspecified atom stereocenters. The zero-order valence-electron chi connectivity index (χ0n) is 9.91.